The van der Waals surface area contributed by atoms with Gasteiger partial charge in [0.05, 0.1) is 11.3 Å². The Kier molecular flexibility index (Phi) is 5.93. The molecule has 0 unspecified atom stereocenters. The minimum atomic E-state index is -0.333. The second-order valence-electron chi connectivity index (χ2n) is 9.58. The van der Waals surface area contributed by atoms with Gasteiger partial charge in [-0.2, -0.15) is 0 Å². The van der Waals surface area contributed by atoms with Crippen LogP contribution in [0.5, 0.6) is 0 Å². The van der Waals surface area contributed by atoms with Crippen LogP contribution in [0.3, 0.4) is 0 Å². The minimum absolute atomic E-state index is 0.303. The number of imide groups is 1. The third-order valence-corrected chi connectivity index (χ3v) is 7.30. The lowest BCUT2D eigenvalue weighted by Crippen LogP contribution is -2.33. The van der Waals surface area contributed by atoms with Gasteiger partial charge < -0.3 is 10.2 Å². The van der Waals surface area contributed by atoms with Crippen LogP contribution >= 0.6 is 0 Å². The van der Waals surface area contributed by atoms with E-state index in [0.717, 1.165) is 46.6 Å². The lowest BCUT2D eigenvalue weighted by molar-refractivity contribution is -0.120. The molecule has 5 rings (SSSR count). The number of amides is 2. The van der Waals surface area contributed by atoms with E-state index < -0.39 is 0 Å². The van der Waals surface area contributed by atoms with Gasteiger partial charge in [0.2, 0.25) is 0 Å². The number of hydrogen-bond donors (Lipinski definition) is 1. The molecular weight excluding hydrogens is 434 g/mol. The molecule has 5 heteroatoms. The van der Waals surface area contributed by atoms with Gasteiger partial charge >= 0.3 is 0 Å². The molecule has 0 aliphatic carbocycles. The van der Waals surface area contributed by atoms with Crippen LogP contribution in [0, 0.1) is 27.7 Å². The molecule has 0 bridgehead atoms. The van der Waals surface area contributed by atoms with Crippen LogP contribution in [0.2, 0.25) is 0 Å². The number of carbonyl (C=O) groups excluding carboxylic acids is 2. The highest BCUT2D eigenvalue weighted by atomic mass is 16.2. The summed E-state index contributed by atoms with van der Waals surface area (Å²) < 4.78 is 0. The van der Waals surface area contributed by atoms with Gasteiger partial charge in [0.1, 0.15) is 5.70 Å². The zero-order chi connectivity index (χ0) is 24.7. The molecule has 3 aromatic carbocycles. The molecule has 1 saturated heterocycles. The van der Waals surface area contributed by atoms with Gasteiger partial charge in [0.15, 0.2) is 0 Å². The van der Waals surface area contributed by atoms with E-state index in [1.165, 1.54) is 23.4 Å². The van der Waals surface area contributed by atoms with Crippen molar-refractivity contribution < 1.29 is 9.59 Å². The summed E-state index contributed by atoms with van der Waals surface area (Å²) in [6.45, 7) is 10.2. The maximum Gasteiger partial charge on any atom is 0.282 e. The second-order valence-corrected chi connectivity index (χ2v) is 9.58. The normalized spacial score (nSPS) is 16.0. The molecule has 0 spiro atoms. The predicted octanol–water partition coefficient (Wildman–Crippen LogP) is 5.92. The van der Waals surface area contributed by atoms with Gasteiger partial charge in [-0.15, -0.1) is 0 Å². The number of rotatable bonds is 5. The zero-order valence-electron chi connectivity index (χ0n) is 20.8. The van der Waals surface area contributed by atoms with E-state index in [-0.39, 0.29) is 11.8 Å². The summed E-state index contributed by atoms with van der Waals surface area (Å²) in [5.41, 5.74) is 8.24. The SMILES string of the molecule is Cc1ccc(C2=C(Nc3ccc(N4CCCC4)cc3)C(=O)N(c3cccc(C)c3C)C2=O)cc1C. The number of anilines is 3. The van der Waals surface area contributed by atoms with Crippen LogP contribution in [0.15, 0.2) is 66.4 Å². The summed E-state index contributed by atoms with van der Waals surface area (Å²) in [4.78, 5) is 31.3. The van der Waals surface area contributed by atoms with Gasteiger partial charge in [-0.1, -0.05) is 30.3 Å². The Bertz CT molecular complexity index is 1350. The predicted molar refractivity (Wildman–Crippen MR) is 143 cm³/mol. The molecule has 0 aromatic heterocycles. The van der Waals surface area contributed by atoms with Crippen molar-refractivity contribution >= 4 is 34.4 Å². The summed E-state index contributed by atoms with van der Waals surface area (Å²) in [5.74, 6) is -0.635. The molecule has 178 valence electrons. The molecular formula is C30H31N3O2. The summed E-state index contributed by atoms with van der Waals surface area (Å²) in [6, 6.07) is 19.7. The smallest absolute Gasteiger partial charge is 0.282 e. The first-order valence-electron chi connectivity index (χ1n) is 12.2. The second kappa shape index (κ2) is 9.06. The van der Waals surface area contributed by atoms with Crippen LogP contribution < -0.4 is 15.1 Å². The highest BCUT2D eigenvalue weighted by Crippen LogP contribution is 2.36. The third-order valence-electron chi connectivity index (χ3n) is 7.30. The van der Waals surface area contributed by atoms with Crippen molar-refractivity contribution in [3.8, 4) is 0 Å². The number of carbonyl (C=O) groups is 2. The van der Waals surface area contributed by atoms with Crippen molar-refractivity contribution in [2.75, 3.05) is 28.2 Å². The van der Waals surface area contributed by atoms with Crippen LogP contribution in [0.25, 0.3) is 5.57 Å². The van der Waals surface area contributed by atoms with Crippen LogP contribution in [-0.4, -0.2) is 24.9 Å². The van der Waals surface area contributed by atoms with E-state index in [1.807, 2.05) is 76.2 Å². The van der Waals surface area contributed by atoms with Crippen molar-refractivity contribution in [3.63, 3.8) is 0 Å². The van der Waals surface area contributed by atoms with Crippen LogP contribution in [0.4, 0.5) is 17.1 Å². The number of benzene rings is 3. The number of aryl methyl sites for hydroxylation is 3. The highest BCUT2D eigenvalue weighted by molar-refractivity contribution is 6.46. The Labute approximate surface area is 207 Å². The Balaban J connectivity index is 1.56. The highest BCUT2D eigenvalue weighted by Gasteiger charge is 2.41. The third kappa shape index (κ3) is 4.12. The molecule has 0 atom stereocenters. The Morgan fingerprint density at radius 3 is 2.14 bits per heavy atom. The molecule has 2 aliphatic rings. The minimum Gasteiger partial charge on any atom is -0.372 e. The van der Waals surface area contributed by atoms with Gasteiger partial charge in [0.25, 0.3) is 11.8 Å². The Hall–Kier alpha value is -3.86. The molecule has 0 radical (unpaired) electrons. The molecule has 2 aliphatic heterocycles. The van der Waals surface area contributed by atoms with Gasteiger partial charge in [-0.05, 0) is 98.7 Å². The maximum atomic E-state index is 13.8. The van der Waals surface area contributed by atoms with Gasteiger partial charge in [0, 0.05) is 24.5 Å². The average molecular weight is 466 g/mol. The van der Waals surface area contributed by atoms with E-state index in [2.05, 4.69) is 22.3 Å². The van der Waals surface area contributed by atoms with Gasteiger partial charge in [-0.3, -0.25) is 9.59 Å². The maximum absolute atomic E-state index is 13.8. The van der Waals surface area contributed by atoms with Crippen LogP contribution in [-0.2, 0) is 9.59 Å². The largest absolute Gasteiger partial charge is 0.372 e. The molecule has 3 aromatic rings. The first-order valence-corrected chi connectivity index (χ1v) is 12.2. The topological polar surface area (TPSA) is 52.7 Å². The van der Waals surface area contributed by atoms with Crippen molar-refractivity contribution in [1.82, 2.24) is 0 Å². The van der Waals surface area contributed by atoms with Crippen molar-refractivity contribution in [1.29, 1.82) is 0 Å². The first kappa shape index (κ1) is 22.9. The standard InChI is InChI=1S/C30H31N3O2/c1-19-10-11-23(18-21(19)3)27-28(31-24-12-14-25(15-13-24)32-16-5-6-17-32)30(35)33(29(27)34)26-9-7-8-20(2)22(26)4/h7-15,18,31H,5-6,16-17H2,1-4H3. The van der Waals surface area contributed by atoms with E-state index in [0.29, 0.717) is 17.0 Å². The summed E-state index contributed by atoms with van der Waals surface area (Å²) in [7, 11) is 0. The average Bonchev–Trinajstić information content (AvgIpc) is 3.46. The van der Waals surface area contributed by atoms with Crippen molar-refractivity contribution in [3.05, 3.63) is 94.2 Å². The molecule has 2 amide bonds. The molecule has 5 nitrogen and oxygen atoms in total. The molecule has 1 N–H and O–H groups in total. The molecule has 0 saturated carbocycles. The lowest BCUT2D eigenvalue weighted by atomic mass is 9.99. The molecule has 2 heterocycles. The van der Waals surface area contributed by atoms with Crippen molar-refractivity contribution in [2.24, 2.45) is 0 Å². The van der Waals surface area contributed by atoms with E-state index >= 15 is 0 Å². The fourth-order valence-corrected chi connectivity index (χ4v) is 4.88. The Morgan fingerprint density at radius 2 is 1.46 bits per heavy atom. The quantitative estimate of drug-likeness (QED) is 0.476. The summed E-state index contributed by atoms with van der Waals surface area (Å²) in [5, 5.41) is 3.30. The fourth-order valence-electron chi connectivity index (χ4n) is 4.88. The van der Waals surface area contributed by atoms with E-state index in [1.54, 1.807) is 0 Å². The Morgan fingerprint density at radius 1 is 0.743 bits per heavy atom. The van der Waals surface area contributed by atoms with E-state index in [4.69, 9.17) is 0 Å². The number of nitrogens with zero attached hydrogens (tertiary/aromatic N) is 2. The number of hydrogen-bond acceptors (Lipinski definition) is 4. The monoisotopic (exact) mass is 465 g/mol. The number of nitrogens with one attached hydrogen (secondary N) is 1. The molecule has 1 fully saturated rings. The zero-order valence-corrected chi connectivity index (χ0v) is 20.8. The van der Waals surface area contributed by atoms with E-state index in [9.17, 15) is 9.59 Å². The van der Waals surface area contributed by atoms with Gasteiger partial charge in [-0.25, -0.2) is 4.90 Å². The van der Waals surface area contributed by atoms with Crippen molar-refractivity contribution in [2.45, 2.75) is 40.5 Å². The fraction of sp³-hybridized carbons (Fsp3) is 0.267. The summed E-state index contributed by atoms with van der Waals surface area (Å²) in [6.07, 6.45) is 2.44. The lowest BCUT2D eigenvalue weighted by Gasteiger charge is -2.19. The van der Waals surface area contributed by atoms with Crippen LogP contribution in [0.1, 0.15) is 40.7 Å². The summed E-state index contributed by atoms with van der Waals surface area (Å²) >= 11 is 0. The molecule has 35 heavy (non-hydrogen) atoms. The first-order chi connectivity index (χ1) is 16.8.